The van der Waals surface area contributed by atoms with Gasteiger partial charge in [-0.3, -0.25) is 0 Å². The molecular weight excluding hydrogens is 197 g/mol. The third kappa shape index (κ3) is 2.35. The van der Waals surface area contributed by atoms with Crippen LogP contribution in [-0.2, 0) is 11.4 Å². The van der Waals surface area contributed by atoms with Crippen LogP contribution in [0.25, 0.3) is 0 Å². The van der Waals surface area contributed by atoms with Gasteiger partial charge >= 0.3 is 0 Å². The van der Waals surface area contributed by atoms with E-state index in [0.717, 1.165) is 5.56 Å². The largest absolute Gasteiger partial charge is 0.305 e. The first kappa shape index (κ1) is 9.81. The van der Waals surface area contributed by atoms with E-state index in [2.05, 4.69) is 10.3 Å². The fraction of sp³-hybridized carbons (Fsp3) is 0.250. The van der Waals surface area contributed by atoms with Gasteiger partial charge in [0.25, 0.3) is 0 Å². The van der Waals surface area contributed by atoms with Crippen molar-refractivity contribution in [2.24, 2.45) is 0 Å². The first-order valence-electron chi connectivity index (χ1n) is 3.44. The number of halogens is 2. The van der Waals surface area contributed by atoms with E-state index in [1.807, 2.05) is 12.1 Å². The van der Waals surface area contributed by atoms with E-state index in [-0.39, 0.29) is 0 Å². The van der Waals surface area contributed by atoms with Crippen LogP contribution in [0, 0.1) is 0 Å². The van der Waals surface area contributed by atoms with Gasteiger partial charge in [0.05, 0.1) is 17.2 Å². The minimum atomic E-state index is 0.551. The van der Waals surface area contributed by atoms with Crippen LogP contribution < -0.4 is 5.48 Å². The van der Waals surface area contributed by atoms with Gasteiger partial charge in [-0.2, -0.15) is 5.48 Å². The maximum Gasteiger partial charge on any atom is 0.0638 e. The highest BCUT2D eigenvalue weighted by Gasteiger charge is 2.02. The fourth-order valence-corrected chi connectivity index (χ4v) is 1.22. The zero-order chi connectivity index (χ0) is 8.97. The molecule has 1 rings (SSSR count). The summed E-state index contributed by atoms with van der Waals surface area (Å²) in [4.78, 5) is 4.69. The van der Waals surface area contributed by atoms with E-state index in [0.29, 0.717) is 16.6 Å². The Balaban J connectivity index is 2.78. The second kappa shape index (κ2) is 4.67. The van der Waals surface area contributed by atoms with Gasteiger partial charge in [-0.05, 0) is 11.6 Å². The molecule has 0 aromatic heterocycles. The SMILES string of the molecule is CONCc1cccc(Cl)c1Cl. The molecule has 1 aromatic carbocycles. The van der Waals surface area contributed by atoms with Crippen LogP contribution in [0.1, 0.15) is 5.56 Å². The Morgan fingerprint density at radius 1 is 1.42 bits per heavy atom. The molecule has 0 amide bonds. The first-order valence-corrected chi connectivity index (χ1v) is 4.20. The van der Waals surface area contributed by atoms with Crippen molar-refractivity contribution in [2.75, 3.05) is 7.11 Å². The lowest BCUT2D eigenvalue weighted by molar-refractivity contribution is 0.0867. The lowest BCUT2D eigenvalue weighted by atomic mass is 10.2. The Hall–Kier alpha value is -0.280. The summed E-state index contributed by atoms with van der Waals surface area (Å²) in [6, 6.07) is 5.49. The molecule has 0 atom stereocenters. The predicted molar refractivity (Wildman–Crippen MR) is 50.3 cm³/mol. The van der Waals surface area contributed by atoms with Crippen molar-refractivity contribution in [1.82, 2.24) is 5.48 Å². The van der Waals surface area contributed by atoms with Crippen LogP contribution in [0.3, 0.4) is 0 Å². The van der Waals surface area contributed by atoms with Gasteiger partial charge in [0.15, 0.2) is 0 Å². The zero-order valence-electron chi connectivity index (χ0n) is 6.60. The van der Waals surface area contributed by atoms with E-state index in [1.165, 1.54) is 0 Å². The second-order valence-corrected chi connectivity index (χ2v) is 3.02. The van der Waals surface area contributed by atoms with Crippen molar-refractivity contribution in [3.8, 4) is 0 Å². The third-order valence-electron chi connectivity index (χ3n) is 1.44. The number of hydrogen-bond acceptors (Lipinski definition) is 2. The molecule has 66 valence electrons. The standard InChI is InChI=1S/C8H9Cl2NO/c1-12-11-5-6-3-2-4-7(9)8(6)10/h2-4,11H,5H2,1H3. The topological polar surface area (TPSA) is 21.3 Å². The molecule has 4 heteroatoms. The van der Waals surface area contributed by atoms with E-state index >= 15 is 0 Å². The van der Waals surface area contributed by atoms with Gasteiger partial charge in [-0.15, -0.1) is 0 Å². The normalized spacial score (nSPS) is 10.2. The Morgan fingerprint density at radius 3 is 2.83 bits per heavy atom. The molecule has 2 nitrogen and oxygen atoms in total. The minimum Gasteiger partial charge on any atom is -0.305 e. The Morgan fingerprint density at radius 2 is 2.17 bits per heavy atom. The number of rotatable bonds is 3. The Bertz CT molecular complexity index is 265. The molecule has 0 bridgehead atoms. The van der Waals surface area contributed by atoms with Crippen molar-refractivity contribution in [2.45, 2.75) is 6.54 Å². The summed E-state index contributed by atoms with van der Waals surface area (Å²) in [5, 5.41) is 1.13. The maximum atomic E-state index is 5.90. The predicted octanol–water partition coefficient (Wildman–Crippen LogP) is 2.64. The highest BCUT2D eigenvalue weighted by Crippen LogP contribution is 2.25. The van der Waals surface area contributed by atoms with Gasteiger partial charge in [0, 0.05) is 6.54 Å². The zero-order valence-corrected chi connectivity index (χ0v) is 8.12. The molecule has 1 aromatic rings. The van der Waals surface area contributed by atoms with Gasteiger partial charge in [0.1, 0.15) is 0 Å². The molecule has 0 aliphatic heterocycles. The molecule has 12 heavy (non-hydrogen) atoms. The third-order valence-corrected chi connectivity index (χ3v) is 2.30. The van der Waals surface area contributed by atoms with Crippen molar-refractivity contribution in [1.29, 1.82) is 0 Å². The smallest absolute Gasteiger partial charge is 0.0638 e. The molecule has 0 radical (unpaired) electrons. The lowest BCUT2D eigenvalue weighted by Gasteiger charge is -2.05. The molecule has 1 N–H and O–H groups in total. The van der Waals surface area contributed by atoms with E-state index in [4.69, 9.17) is 23.2 Å². The molecule has 0 aliphatic carbocycles. The summed E-state index contributed by atoms with van der Waals surface area (Å²) in [6.45, 7) is 0.551. The summed E-state index contributed by atoms with van der Waals surface area (Å²) in [5.41, 5.74) is 3.61. The number of hydrogen-bond donors (Lipinski definition) is 1. The number of nitrogens with one attached hydrogen (secondary N) is 1. The molecule has 0 saturated heterocycles. The molecule has 0 aliphatic rings. The van der Waals surface area contributed by atoms with Crippen LogP contribution in [-0.4, -0.2) is 7.11 Å². The molecule has 0 heterocycles. The average Bonchev–Trinajstić information content (AvgIpc) is 2.08. The first-order chi connectivity index (χ1) is 5.75. The highest BCUT2D eigenvalue weighted by atomic mass is 35.5. The molecule has 0 unspecified atom stereocenters. The number of hydroxylamine groups is 1. The van der Waals surface area contributed by atoms with Crippen LogP contribution in [0.15, 0.2) is 18.2 Å². The lowest BCUT2D eigenvalue weighted by Crippen LogP contribution is -2.10. The van der Waals surface area contributed by atoms with Gasteiger partial charge in [0.2, 0.25) is 0 Å². The molecule has 0 saturated carbocycles. The quantitative estimate of drug-likeness (QED) is 0.767. The van der Waals surface area contributed by atoms with Crippen molar-refractivity contribution in [3.05, 3.63) is 33.8 Å². The van der Waals surface area contributed by atoms with Crippen LogP contribution in [0.5, 0.6) is 0 Å². The van der Waals surface area contributed by atoms with E-state index in [9.17, 15) is 0 Å². The summed E-state index contributed by atoms with van der Waals surface area (Å²) in [6.07, 6.45) is 0. The van der Waals surface area contributed by atoms with Gasteiger partial charge < -0.3 is 4.84 Å². The number of benzene rings is 1. The second-order valence-electron chi connectivity index (χ2n) is 2.24. The van der Waals surface area contributed by atoms with E-state index in [1.54, 1.807) is 13.2 Å². The Labute approximate surface area is 81.4 Å². The minimum absolute atomic E-state index is 0.551. The summed E-state index contributed by atoms with van der Waals surface area (Å²) >= 11 is 11.7. The molecular formula is C8H9Cl2NO. The van der Waals surface area contributed by atoms with Crippen LogP contribution in [0.2, 0.25) is 10.0 Å². The summed E-state index contributed by atoms with van der Waals surface area (Å²) in [7, 11) is 1.55. The summed E-state index contributed by atoms with van der Waals surface area (Å²) < 4.78 is 0. The average molecular weight is 206 g/mol. The Kier molecular flexibility index (Phi) is 3.82. The van der Waals surface area contributed by atoms with Crippen LogP contribution in [0.4, 0.5) is 0 Å². The van der Waals surface area contributed by atoms with Crippen LogP contribution >= 0.6 is 23.2 Å². The fourth-order valence-electron chi connectivity index (χ4n) is 0.835. The van der Waals surface area contributed by atoms with Gasteiger partial charge in [-0.25, -0.2) is 0 Å². The summed E-state index contributed by atoms with van der Waals surface area (Å²) in [5.74, 6) is 0. The van der Waals surface area contributed by atoms with Gasteiger partial charge in [-0.1, -0.05) is 35.3 Å². The molecule has 0 spiro atoms. The maximum absolute atomic E-state index is 5.90. The van der Waals surface area contributed by atoms with Crippen molar-refractivity contribution < 1.29 is 4.84 Å². The van der Waals surface area contributed by atoms with Crippen molar-refractivity contribution >= 4 is 23.2 Å². The highest BCUT2D eigenvalue weighted by molar-refractivity contribution is 6.42. The monoisotopic (exact) mass is 205 g/mol. The molecule has 0 fully saturated rings. The van der Waals surface area contributed by atoms with E-state index < -0.39 is 0 Å². The van der Waals surface area contributed by atoms with Crippen molar-refractivity contribution in [3.63, 3.8) is 0 Å².